The molecule has 0 bridgehead atoms. The van der Waals surface area contributed by atoms with Crippen molar-refractivity contribution < 1.29 is 9.59 Å². The highest BCUT2D eigenvalue weighted by Crippen LogP contribution is 2.27. The van der Waals surface area contributed by atoms with Crippen LogP contribution in [0.15, 0.2) is 18.2 Å². The van der Waals surface area contributed by atoms with Crippen LogP contribution in [0.2, 0.25) is 5.02 Å². The smallest absolute Gasteiger partial charge is 0.246 e. The lowest BCUT2D eigenvalue weighted by Gasteiger charge is -2.40. The molecular formula is C13H16ClN3O2. The van der Waals surface area contributed by atoms with Gasteiger partial charge in [-0.15, -0.1) is 0 Å². The zero-order chi connectivity index (χ0) is 14.2. The first-order valence-corrected chi connectivity index (χ1v) is 6.32. The van der Waals surface area contributed by atoms with Crippen LogP contribution in [-0.2, 0) is 16.1 Å². The number of carbonyl (C=O) groups is 2. The molecule has 0 unspecified atom stereocenters. The molecule has 5 nitrogen and oxygen atoms in total. The van der Waals surface area contributed by atoms with E-state index in [2.05, 4.69) is 5.32 Å². The van der Waals surface area contributed by atoms with Crippen LogP contribution in [0.5, 0.6) is 0 Å². The van der Waals surface area contributed by atoms with E-state index < -0.39 is 5.54 Å². The Bertz CT molecular complexity index is 522. The second kappa shape index (κ2) is 4.83. The highest BCUT2D eigenvalue weighted by molar-refractivity contribution is 6.31. The van der Waals surface area contributed by atoms with Gasteiger partial charge in [0.25, 0.3) is 0 Å². The summed E-state index contributed by atoms with van der Waals surface area (Å²) in [6.45, 7) is 4.03. The molecule has 0 saturated carbocycles. The van der Waals surface area contributed by atoms with Gasteiger partial charge in [-0.05, 0) is 26.0 Å². The quantitative estimate of drug-likeness (QED) is 0.630. The molecule has 1 saturated heterocycles. The summed E-state index contributed by atoms with van der Waals surface area (Å²) in [7, 11) is 0. The van der Waals surface area contributed by atoms with Gasteiger partial charge in [-0.3, -0.25) is 19.8 Å². The predicted molar refractivity (Wildman–Crippen MR) is 73.5 cm³/mol. The van der Waals surface area contributed by atoms with E-state index >= 15 is 0 Å². The third-order valence-electron chi connectivity index (χ3n) is 3.44. The number of amides is 2. The molecular weight excluding hydrogens is 266 g/mol. The number of nitrogens with two attached hydrogens (primary N) is 1. The minimum Gasteiger partial charge on any atom is -0.398 e. The Morgan fingerprint density at radius 2 is 2.11 bits per heavy atom. The number of piperazine rings is 1. The van der Waals surface area contributed by atoms with Crippen LogP contribution in [-0.4, -0.2) is 28.8 Å². The van der Waals surface area contributed by atoms with E-state index in [0.717, 1.165) is 5.56 Å². The number of benzene rings is 1. The molecule has 0 aromatic heterocycles. The van der Waals surface area contributed by atoms with Crippen molar-refractivity contribution in [2.24, 2.45) is 0 Å². The molecule has 0 atom stereocenters. The summed E-state index contributed by atoms with van der Waals surface area (Å²) >= 11 is 6.12. The van der Waals surface area contributed by atoms with E-state index in [9.17, 15) is 9.59 Å². The number of carbonyl (C=O) groups excluding carboxylic acids is 2. The lowest BCUT2D eigenvalue weighted by Crippen LogP contribution is -2.63. The van der Waals surface area contributed by atoms with Crippen molar-refractivity contribution in [3.05, 3.63) is 28.8 Å². The third kappa shape index (κ3) is 2.57. The number of nitrogens with one attached hydrogen (secondary N) is 1. The molecule has 102 valence electrons. The lowest BCUT2D eigenvalue weighted by molar-refractivity contribution is -0.145. The second-order valence-corrected chi connectivity index (χ2v) is 5.51. The number of rotatable bonds is 2. The number of imide groups is 1. The van der Waals surface area contributed by atoms with E-state index in [1.807, 2.05) is 0 Å². The zero-order valence-electron chi connectivity index (χ0n) is 10.9. The van der Waals surface area contributed by atoms with E-state index in [0.29, 0.717) is 17.3 Å². The number of anilines is 1. The fourth-order valence-corrected chi connectivity index (χ4v) is 2.26. The molecule has 1 aliphatic rings. The minimum absolute atomic E-state index is 0.142. The van der Waals surface area contributed by atoms with Crippen molar-refractivity contribution in [2.75, 3.05) is 12.3 Å². The Morgan fingerprint density at radius 1 is 1.42 bits per heavy atom. The van der Waals surface area contributed by atoms with Gasteiger partial charge in [0.1, 0.15) is 0 Å². The highest BCUT2D eigenvalue weighted by Gasteiger charge is 2.41. The fraction of sp³-hybridized carbons (Fsp3) is 0.385. The van der Waals surface area contributed by atoms with Gasteiger partial charge >= 0.3 is 0 Å². The summed E-state index contributed by atoms with van der Waals surface area (Å²) < 4.78 is 0. The third-order valence-corrected chi connectivity index (χ3v) is 3.79. The molecule has 1 fully saturated rings. The van der Waals surface area contributed by atoms with Crippen LogP contribution in [0.1, 0.15) is 19.4 Å². The van der Waals surface area contributed by atoms with Gasteiger partial charge in [0.05, 0.1) is 12.1 Å². The van der Waals surface area contributed by atoms with Gasteiger partial charge in [-0.1, -0.05) is 17.7 Å². The van der Waals surface area contributed by atoms with Crippen LogP contribution in [0.4, 0.5) is 5.69 Å². The Morgan fingerprint density at radius 3 is 2.74 bits per heavy atom. The number of hydrogen-bond acceptors (Lipinski definition) is 4. The number of nitrogen functional groups attached to an aromatic ring is 1. The molecule has 0 aliphatic carbocycles. The molecule has 19 heavy (non-hydrogen) atoms. The number of nitrogens with zero attached hydrogens (tertiary/aromatic N) is 1. The maximum Gasteiger partial charge on any atom is 0.246 e. The van der Waals surface area contributed by atoms with Gasteiger partial charge < -0.3 is 5.73 Å². The molecule has 2 amide bonds. The summed E-state index contributed by atoms with van der Waals surface area (Å²) in [4.78, 5) is 25.1. The summed E-state index contributed by atoms with van der Waals surface area (Å²) in [6.07, 6.45) is 0. The topological polar surface area (TPSA) is 75.4 Å². The lowest BCUT2D eigenvalue weighted by atomic mass is 9.97. The van der Waals surface area contributed by atoms with Gasteiger partial charge in [0.15, 0.2) is 0 Å². The van der Waals surface area contributed by atoms with E-state index in [-0.39, 0.29) is 18.4 Å². The molecule has 0 spiro atoms. The van der Waals surface area contributed by atoms with Crippen LogP contribution in [0.3, 0.4) is 0 Å². The normalized spacial score (nSPS) is 19.3. The first kappa shape index (κ1) is 13.8. The molecule has 6 heteroatoms. The maximum absolute atomic E-state index is 11.9. The largest absolute Gasteiger partial charge is 0.398 e. The Kier molecular flexibility index (Phi) is 3.52. The maximum atomic E-state index is 11.9. The summed E-state index contributed by atoms with van der Waals surface area (Å²) in [6, 6.07) is 5.26. The average molecular weight is 282 g/mol. The Hall–Kier alpha value is -1.59. The monoisotopic (exact) mass is 281 g/mol. The molecule has 1 aliphatic heterocycles. The predicted octanol–water partition coefficient (Wildman–Crippen LogP) is 1.16. The second-order valence-electron chi connectivity index (χ2n) is 5.10. The van der Waals surface area contributed by atoms with Crippen LogP contribution in [0.25, 0.3) is 0 Å². The Labute approximate surface area is 116 Å². The van der Waals surface area contributed by atoms with Crippen LogP contribution < -0.4 is 11.1 Å². The SMILES string of the molecule is CC1(C)C(=O)NC(=O)CN1Cc1c(N)cccc1Cl. The molecule has 3 N–H and O–H groups in total. The fourth-order valence-electron chi connectivity index (χ4n) is 2.02. The van der Waals surface area contributed by atoms with E-state index in [1.165, 1.54) is 0 Å². The first-order chi connectivity index (χ1) is 8.82. The highest BCUT2D eigenvalue weighted by atomic mass is 35.5. The molecule has 1 aromatic rings. The van der Waals surface area contributed by atoms with Gasteiger partial charge in [0.2, 0.25) is 11.8 Å². The number of halogens is 1. The molecule has 2 rings (SSSR count). The van der Waals surface area contributed by atoms with Gasteiger partial charge in [-0.2, -0.15) is 0 Å². The zero-order valence-corrected chi connectivity index (χ0v) is 11.6. The van der Waals surface area contributed by atoms with Crippen molar-refractivity contribution in [3.8, 4) is 0 Å². The van der Waals surface area contributed by atoms with Gasteiger partial charge in [0, 0.05) is 22.8 Å². The summed E-state index contributed by atoms with van der Waals surface area (Å²) in [5.74, 6) is -0.621. The van der Waals surface area contributed by atoms with Crippen LogP contribution >= 0.6 is 11.6 Å². The first-order valence-electron chi connectivity index (χ1n) is 5.94. The van der Waals surface area contributed by atoms with Crippen molar-refractivity contribution >= 4 is 29.1 Å². The minimum atomic E-state index is -0.778. The van der Waals surface area contributed by atoms with Gasteiger partial charge in [-0.25, -0.2) is 0 Å². The van der Waals surface area contributed by atoms with Crippen molar-refractivity contribution in [3.63, 3.8) is 0 Å². The summed E-state index contributed by atoms with van der Waals surface area (Å²) in [5.41, 5.74) is 6.41. The van der Waals surface area contributed by atoms with E-state index in [1.54, 1.807) is 36.9 Å². The summed E-state index contributed by atoms with van der Waals surface area (Å²) in [5, 5.41) is 2.87. The molecule has 0 radical (unpaired) electrons. The molecule has 1 heterocycles. The van der Waals surface area contributed by atoms with E-state index in [4.69, 9.17) is 17.3 Å². The van der Waals surface area contributed by atoms with Crippen molar-refractivity contribution in [1.29, 1.82) is 0 Å². The van der Waals surface area contributed by atoms with Crippen LogP contribution in [0, 0.1) is 0 Å². The Balaban J connectivity index is 2.31. The molecule has 1 aromatic carbocycles. The van der Waals surface area contributed by atoms with Crippen molar-refractivity contribution in [1.82, 2.24) is 10.2 Å². The standard InChI is InChI=1S/C13H16ClN3O2/c1-13(2)12(19)16-11(18)7-17(13)6-8-9(14)4-3-5-10(8)15/h3-5H,6-7,15H2,1-2H3,(H,16,18,19). The average Bonchev–Trinajstić information content (AvgIpc) is 2.30. The van der Waals surface area contributed by atoms with Crippen molar-refractivity contribution in [2.45, 2.75) is 25.9 Å². The number of hydrogen-bond donors (Lipinski definition) is 2.